The quantitative estimate of drug-likeness (QED) is 0.473. The molecule has 0 radical (unpaired) electrons. The van der Waals surface area contributed by atoms with Gasteiger partial charge in [-0.15, -0.1) is 10.2 Å². The number of nitro benzene ring substituents is 1. The molecule has 2 heterocycles. The Hall–Kier alpha value is -2.47. The van der Waals surface area contributed by atoms with E-state index in [9.17, 15) is 23.3 Å². The van der Waals surface area contributed by atoms with Crippen molar-refractivity contribution < 1.29 is 18.1 Å². The Labute approximate surface area is 172 Å². The van der Waals surface area contributed by atoms with Gasteiger partial charge in [0.05, 0.1) is 21.3 Å². The summed E-state index contributed by atoms with van der Waals surface area (Å²) in [7, 11) is -1.43. The fraction of sp³-hybridized carbons (Fsp3) is 0.471. The summed E-state index contributed by atoms with van der Waals surface area (Å²) in [5.41, 5.74) is -0.0453. The molecule has 1 unspecified atom stereocenters. The molecule has 0 aliphatic carbocycles. The molecule has 0 N–H and O–H groups in total. The third kappa shape index (κ3) is 4.75. The standard InChI is InChI=1S/C17H21N5O5S2/c1-3-7-21(13-6-8-29(26,27)10-13)16(23)12-4-5-15(14(9-12)22(24)25)28-17-19-18-11-20(17)2/h4-5,9,11,13H,3,6-8,10H2,1-2H3. The average Bonchev–Trinajstić information content (AvgIpc) is 3.24. The number of nitro groups is 1. The fourth-order valence-electron chi connectivity index (χ4n) is 3.22. The molecular formula is C17H21N5O5S2. The van der Waals surface area contributed by atoms with E-state index in [1.807, 2.05) is 6.92 Å². The zero-order valence-corrected chi connectivity index (χ0v) is 17.6. The summed E-state index contributed by atoms with van der Waals surface area (Å²) in [6, 6.07) is 3.88. The van der Waals surface area contributed by atoms with E-state index in [4.69, 9.17) is 0 Å². The van der Waals surface area contributed by atoms with Crippen molar-refractivity contribution in [3.8, 4) is 0 Å². The number of hydrogen-bond acceptors (Lipinski definition) is 8. The topological polar surface area (TPSA) is 128 Å². The van der Waals surface area contributed by atoms with Gasteiger partial charge in [-0.3, -0.25) is 14.9 Å². The lowest BCUT2D eigenvalue weighted by Gasteiger charge is -2.28. The van der Waals surface area contributed by atoms with Crippen LogP contribution in [0.5, 0.6) is 0 Å². The highest BCUT2D eigenvalue weighted by Crippen LogP contribution is 2.34. The first-order valence-electron chi connectivity index (χ1n) is 9.03. The van der Waals surface area contributed by atoms with Crippen molar-refractivity contribution in [2.24, 2.45) is 7.05 Å². The molecule has 1 saturated heterocycles. The van der Waals surface area contributed by atoms with Crippen molar-refractivity contribution in [2.75, 3.05) is 18.1 Å². The monoisotopic (exact) mass is 439 g/mol. The number of benzene rings is 1. The van der Waals surface area contributed by atoms with Crippen LogP contribution in [0.25, 0.3) is 0 Å². The molecule has 0 spiro atoms. The molecule has 1 amide bonds. The Morgan fingerprint density at radius 1 is 1.45 bits per heavy atom. The number of carbonyl (C=O) groups excluding carboxylic acids is 1. The highest BCUT2D eigenvalue weighted by atomic mass is 32.2. The lowest BCUT2D eigenvalue weighted by atomic mass is 10.1. The number of sulfone groups is 1. The van der Waals surface area contributed by atoms with Crippen LogP contribution in [-0.4, -0.2) is 63.0 Å². The largest absolute Gasteiger partial charge is 0.335 e. The Morgan fingerprint density at radius 2 is 2.21 bits per heavy atom. The van der Waals surface area contributed by atoms with E-state index in [0.29, 0.717) is 29.4 Å². The van der Waals surface area contributed by atoms with E-state index in [-0.39, 0.29) is 22.8 Å². The van der Waals surface area contributed by atoms with Crippen molar-refractivity contribution >= 4 is 33.2 Å². The smallest absolute Gasteiger partial charge is 0.284 e. The Kier molecular flexibility index (Phi) is 6.22. The summed E-state index contributed by atoms with van der Waals surface area (Å²) in [6.07, 6.45) is 2.53. The number of aryl methyl sites for hydroxylation is 1. The van der Waals surface area contributed by atoms with E-state index >= 15 is 0 Å². The minimum absolute atomic E-state index is 0.0542. The number of hydrogen-bond donors (Lipinski definition) is 0. The Balaban J connectivity index is 1.90. The Morgan fingerprint density at radius 3 is 2.76 bits per heavy atom. The average molecular weight is 440 g/mol. The van der Waals surface area contributed by atoms with Gasteiger partial charge in [0.25, 0.3) is 11.6 Å². The predicted octanol–water partition coefficient (Wildman–Crippen LogP) is 1.91. The summed E-state index contributed by atoms with van der Waals surface area (Å²) in [4.78, 5) is 26.0. The van der Waals surface area contributed by atoms with Gasteiger partial charge in [-0.1, -0.05) is 6.92 Å². The van der Waals surface area contributed by atoms with E-state index < -0.39 is 26.7 Å². The van der Waals surface area contributed by atoms with Crippen LogP contribution in [0.2, 0.25) is 0 Å². The maximum Gasteiger partial charge on any atom is 0.284 e. The van der Waals surface area contributed by atoms with E-state index in [0.717, 1.165) is 11.8 Å². The summed E-state index contributed by atoms with van der Waals surface area (Å²) >= 11 is 1.08. The molecular weight excluding hydrogens is 418 g/mol. The van der Waals surface area contributed by atoms with Gasteiger partial charge in [0, 0.05) is 31.3 Å². The molecule has 12 heteroatoms. The number of carbonyl (C=O) groups is 1. The number of aromatic nitrogens is 3. The van der Waals surface area contributed by atoms with Gasteiger partial charge in [0.1, 0.15) is 6.33 Å². The molecule has 1 aromatic heterocycles. The molecule has 29 heavy (non-hydrogen) atoms. The number of rotatable bonds is 7. The van der Waals surface area contributed by atoms with Crippen LogP contribution >= 0.6 is 11.8 Å². The second-order valence-corrected chi connectivity index (χ2v) is 10.1. The van der Waals surface area contributed by atoms with Gasteiger partial charge < -0.3 is 9.47 Å². The first kappa shape index (κ1) is 21.2. The van der Waals surface area contributed by atoms with E-state index in [1.54, 1.807) is 11.6 Å². The van der Waals surface area contributed by atoms with E-state index in [2.05, 4.69) is 10.2 Å². The van der Waals surface area contributed by atoms with Crippen LogP contribution in [0, 0.1) is 10.1 Å². The van der Waals surface area contributed by atoms with Gasteiger partial charge in [-0.2, -0.15) is 0 Å². The lowest BCUT2D eigenvalue weighted by Crippen LogP contribution is -2.41. The van der Waals surface area contributed by atoms with Gasteiger partial charge >= 0.3 is 0 Å². The summed E-state index contributed by atoms with van der Waals surface area (Å²) in [5.74, 6) is -0.410. The molecule has 10 nitrogen and oxygen atoms in total. The third-order valence-corrected chi connectivity index (χ3v) is 7.52. The van der Waals surface area contributed by atoms with E-state index in [1.165, 1.54) is 29.4 Å². The third-order valence-electron chi connectivity index (χ3n) is 4.65. The molecule has 1 aliphatic heterocycles. The second kappa shape index (κ2) is 8.49. The zero-order chi connectivity index (χ0) is 21.2. The van der Waals surface area contributed by atoms with Crippen molar-refractivity contribution in [1.29, 1.82) is 0 Å². The maximum atomic E-state index is 13.1. The van der Waals surface area contributed by atoms with Crippen LogP contribution in [-0.2, 0) is 16.9 Å². The fourth-order valence-corrected chi connectivity index (χ4v) is 5.80. The maximum absolute atomic E-state index is 13.1. The number of amides is 1. The van der Waals surface area contributed by atoms with Crippen molar-refractivity contribution in [3.05, 3.63) is 40.2 Å². The molecule has 1 fully saturated rings. The molecule has 156 valence electrons. The molecule has 1 aromatic carbocycles. The van der Waals surface area contributed by atoms with Gasteiger partial charge in [0.2, 0.25) is 0 Å². The van der Waals surface area contributed by atoms with Crippen LogP contribution in [0.15, 0.2) is 34.6 Å². The lowest BCUT2D eigenvalue weighted by molar-refractivity contribution is -0.387. The SMILES string of the molecule is CCCN(C(=O)c1ccc(Sc2nncn2C)c([N+](=O)[O-])c1)C1CCS(=O)(=O)C1. The van der Waals surface area contributed by atoms with Crippen molar-refractivity contribution in [1.82, 2.24) is 19.7 Å². The van der Waals surface area contributed by atoms with Gasteiger partial charge in [0.15, 0.2) is 15.0 Å². The molecule has 1 aliphatic rings. The minimum atomic E-state index is -3.16. The van der Waals surface area contributed by atoms with Crippen molar-refractivity contribution in [2.45, 2.75) is 35.9 Å². The second-order valence-electron chi connectivity index (χ2n) is 6.82. The van der Waals surface area contributed by atoms with Gasteiger partial charge in [-0.05, 0) is 36.7 Å². The first-order chi connectivity index (χ1) is 13.7. The van der Waals surface area contributed by atoms with Crippen LogP contribution < -0.4 is 0 Å². The molecule has 0 saturated carbocycles. The van der Waals surface area contributed by atoms with Crippen LogP contribution in [0.1, 0.15) is 30.1 Å². The minimum Gasteiger partial charge on any atom is -0.335 e. The van der Waals surface area contributed by atoms with Gasteiger partial charge in [-0.25, -0.2) is 8.42 Å². The summed E-state index contributed by atoms with van der Waals surface area (Å²) in [5, 5.41) is 19.7. The highest BCUT2D eigenvalue weighted by Gasteiger charge is 2.35. The number of nitrogens with zero attached hydrogens (tertiary/aromatic N) is 5. The molecule has 0 bridgehead atoms. The molecule has 2 aromatic rings. The van der Waals surface area contributed by atoms with Crippen molar-refractivity contribution in [3.63, 3.8) is 0 Å². The Bertz CT molecular complexity index is 1040. The van der Waals surface area contributed by atoms with Crippen LogP contribution in [0.4, 0.5) is 5.69 Å². The normalized spacial score (nSPS) is 17.9. The zero-order valence-electron chi connectivity index (χ0n) is 16.0. The predicted molar refractivity (Wildman–Crippen MR) is 107 cm³/mol. The highest BCUT2D eigenvalue weighted by molar-refractivity contribution is 7.99. The summed E-state index contributed by atoms with van der Waals surface area (Å²) in [6.45, 7) is 2.29. The summed E-state index contributed by atoms with van der Waals surface area (Å²) < 4.78 is 25.3. The molecule has 3 rings (SSSR count). The molecule has 1 atom stereocenters. The van der Waals surface area contributed by atoms with Crippen LogP contribution in [0.3, 0.4) is 0 Å². The first-order valence-corrected chi connectivity index (χ1v) is 11.7.